The molecule has 0 bridgehead atoms. The highest BCUT2D eigenvalue weighted by molar-refractivity contribution is 5.96. The summed E-state index contributed by atoms with van der Waals surface area (Å²) in [6.45, 7) is 8.69. The number of carbonyl (C=O) groups is 4. The molecule has 14 N–H and O–H groups in total. The predicted molar refractivity (Wildman–Crippen MR) is 291 cm³/mol. The second-order valence-corrected chi connectivity index (χ2v) is 20.7. The highest BCUT2D eigenvalue weighted by Crippen LogP contribution is 2.30. The number of amides is 4. The summed E-state index contributed by atoms with van der Waals surface area (Å²) in [6, 6.07) is 5.85. The lowest BCUT2D eigenvalue weighted by Gasteiger charge is -2.39. The molecule has 84 heavy (non-hydrogen) atoms. The van der Waals surface area contributed by atoms with Crippen LogP contribution in [0, 0.1) is 20.2 Å². The third-order valence-electron chi connectivity index (χ3n) is 14.4. The van der Waals surface area contributed by atoms with Crippen molar-refractivity contribution in [1.29, 1.82) is 0 Å². The molecule has 6 rings (SSSR count). The largest absolute Gasteiger partial charge is 0.462 e. The number of aliphatic hydroxyl groups excluding tert-OH is 8. The van der Waals surface area contributed by atoms with E-state index < -0.39 is 126 Å². The highest BCUT2D eigenvalue weighted by Gasteiger charge is 2.46. The molecule has 4 heterocycles. The number of carbonyl (C=O) groups excluding carboxylic acids is 4. The SMILES string of the molecule is NC(COC(=O)NCCCN1CCN(CCCNC(=O)c2cc(OC3OC(CO)C(O)C(O)C3O)cc([N+](=O)[O-])c2)CC1)COC(=O)NCCCN1CCN(CCCNC(=O)c2cc(OC3OC(CO)C(O)C(O)C3O)cc([N+](=O)[O-])c2)CC1. The summed E-state index contributed by atoms with van der Waals surface area (Å²) in [5, 5.41) is 114. The maximum absolute atomic E-state index is 13.0. The number of non-ortho nitro benzene ring substituents is 2. The van der Waals surface area contributed by atoms with E-state index in [-0.39, 0.29) is 48.9 Å². The van der Waals surface area contributed by atoms with Crippen molar-refractivity contribution in [3.05, 3.63) is 67.8 Å². The van der Waals surface area contributed by atoms with Gasteiger partial charge in [-0.3, -0.25) is 29.8 Å². The zero-order valence-corrected chi connectivity index (χ0v) is 46.3. The lowest BCUT2D eigenvalue weighted by Crippen LogP contribution is -2.60. The highest BCUT2D eigenvalue weighted by atomic mass is 16.7. The molecule has 0 spiro atoms. The van der Waals surface area contributed by atoms with E-state index in [1.807, 2.05) is 0 Å². The number of benzene rings is 2. The summed E-state index contributed by atoms with van der Waals surface area (Å²) in [5.41, 5.74) is 4.88. The van der Waals surface area contributed by atoms with Crippen molar-refractivity contribution in [2.24, 2.45) is 5.73 Å². The van der Waals surface area contributed by atoms with Crippen molar-refractivity contribution in [2.45, 2.75) is 93.1 Å². The van der Waals surface area contributed by atoms with Gasteiger partial charge in [-0.15, -0.1) is 0 Å². The van der Waals surface area contributed by atoms with E-state index in [9.17, 15) is 80.3 Å². The number of nitrogens with zero attached hydrogens (tertiary/aromatic N) is 6. The van der Waals surface area contributed by atoms with Crippen LogP contribution in [0.1, 0.15) is 46.4 Å². The minimum absolute atomic E-state index is 0.0905. The zero-order valence-electron chi connectivity index (χ0n) is 46.3. The summed E-state index contributed by atoms with van der Waals surface area (Å²) in [6.07, 6.45) is -14.7. The Hall–Kier alpha value is -6.28. The van der Waals surface area contributed by atoms with Crippen molar-refractivity contribution in [3.8, 4) is 11.5 Å². The molecule has 10 unspecified atom stereocenters. The van der Waals surface area contributed by atoms with Gasteiger partial charge < -0.3 is 116 Å². The fourth-order valence-corrected chi connectivity index (χ4v) is 9.56. The van der Waals surface area contributed by atoms with E-state index >= 15 is 0 Å². The summed E-state index contributed by atoms with van der Waals surface area (Å²) in [4.78, 5) is 81.4. The van der Waals surface area contributed by atoms with Crippen molar-refractivity contribution < 1.29 is 98.3 Å². The first kappa shape index (κ1) is 66.9. The van der Waals surface area contributed by atoms with Crippen molar-refractivity contribution in [3.63, 3.8) is 0 Å². The average molecular weight is 1200 g/mol. The summed E-state index contributed by atoms with van der Waals surface area (Å²) in [7, 11) is 0. The van der Waals surface area contributed by atoms with Crippen LogP contribution in [-0.4, -0.2) is 293 Å². The van der Waals surface area contributed by atoms with Crippen LogP contribution >= 0.6 is 0 Å². The number of nitro groups is 2. The van der Waals surface area contributed by atoms with Crippen molar-refractivity contribution in [1.82, 2.24) is 40.9 Å². The molecule has 470 valence electrons. The van der Waals surface area contributed by atoms with E-state index in [2.05, 4.69) is 40.9 Å². The van der Waals surface area contributed by atoms with Gasteiger partial charge in [0, 0.05) is 102 Å². The van der Waals surface area contributed by atoms with E-state index in [0.717, 1.165) is 89.7 Å². The Morgan fingerprint density at radius 3 is 1.15 bits per heavy atom. The predicted octanol–water partition coefficient (Wildman–Crippen LogP) is -4.40. The van der Waals surface area contributed by atoms with Crippen LogP contribution in [0.2, 0.25) is 0 Å². The molecule has 4 aliphatic heterocycles. The van der Waals surface area contributed by atoms with Gasteiger partial charge in [-0.25, -0.2) is 9.59 Å². The van der Waals surface area contributed by atoms with Gasteiger partial charge in [-0.1, -0.05) is 0 Å². The number of nitrogens with one attached hydrogen (secondary N) is 4. The zero-order chi connectivity index (χ0) is 60.9. The molecule has 2 aromatic carbocycles. The molecule has 0 radical (unpaired) electrons. The normalized spacial score (nSPS) is 25.6. The van der Waals surface area contributed by atoms with Crippen LogP contribution in [-0.2, 0) is 18.9 Å². The topological polar surface area (TPSA) is 459 Å². The number of ether oxygens (including phenoxy) is 6. The molecule has 0 saturated carbocycles. The minimum atomic E-state index is -1.76. The van der Waals surface area contributed by atoms with Gasteiger partial charge >= 0.3 is 12.2 Å². The first-order chi connectivity index (χ1) is 40.2. The van der Waals surface area contributed by atoms with Gasteiger partial charge in [0.25, 0.3) is 23.2 Å². The average Bonchev–Trinajstić information content (AvgIpc) is 3.43. The number of rotatable bonds is 30. The number of nitro benzene ring substituents is 2. The van der Waals surface area contributed by atoms with Crippen molar-refractivity contribution >= 4 is 35.4 Å². The lowest BCUT2D eigenvalue weighted by molar-refractivity contribution is -0.385. The third-order valence-corrected chi connectivity index (χ3v) is 14.4. The van der Waals surface area contributed by atoms with Crippen LogP contribution in [0.15, 0.2) is 36.4 Å². The first-order valence-electron chi connectivity index (χ1n) is 27.8. The molecular formula is C51H79N11O22. The number of aliphatic hydroxyl groups is 8. The van der Waals surface area contributed by atoms with Crippen LogP contribution in [0.5, 0.6) is 11.5 Å². The minimum Gasteiger partial charge on any atom is -0.462 e. The molecule has 2 aromatic rings. The summed E-state index contributed by atoms with van der Waals surface area (Å²) in [5.74, 6) is -1.63. The molecule has 4 saturated heterocycles. The Kier molecular flexibility index (Phi) is 26.6. The number of nitrogens with two attached hydrogens (primary N) is 1. The number of piperazine rings is 2. The molecule has 4 fully saturated rings. The Balaban J connectivity index is 0.738. The second-order valence-electron chi connectivity index (χ2n) is 20.7. The fourth-order valence-electron chi connectivity index (χ4n) is 9.56. The van der Waals surface area contributed by atoms with Gasteiger partial charge in [0.1, 0.15) is 73.5 Å². The molecule has 0 aromatic heterocycles. The lowest BCUT2D eigenvalue weighted by atomic mass is 9.99. The van der Waals surface area contributed by atoms with Gasteiger partial charge in [-0.05, 0) is 64.0 Å². The number of hydrogen-bond acceptors (Lipinski definition) is 27. The summed E-state index contributed by atoms with van der Waals surface area (Å²) >= 11 is 0. The molecule has 10 atom stereocenters. The van der Waals surface area contributed by atoms with Gasteiger partial charge in [0.05, 0.1) is 41.2 Å². The van der Waals surface area contributed by atoms with Crippen LogP contribution in [0.25, 0.3) is 0 Å². The van der Waals surface area contributed by atoms with Gasteiger partial charge in [0.2, 0.25) is 12.6 Å². The monoisotopic (exact) mass is 1200 g/mol. The third kappa shape index (κ3) is 20.5. The van der Waals surface area contributed by atoms with Gasteiger partial charge in [-0.2, -0.15) is 0 Å². The van der Waals surface area contributed by atoms with E-state index in [1.165, 1.54) is 12.1 Å². The number of hydrogen-bond donors (Lipinski definition) is 13. The van der Waals surface area contributed by atoms with E-state index in [0.29, 0.717) is 51.9 Å². The fraction of sp³-hybridized carbons (Fsp3) is 0.686. The molecule has 4 aliphatic rings. The summed E-state index contributed by atoms with van der Waals surface area (Å²) < 4.78 is 32.1. The van der Waals surface area contributed by atoms with Gasteiger partial charge in [0.15, 0.2) is 0 Å². The Morgan fingerprint density at radius 2 is 0.845 bits per heavy atom. The number of alkyl carbamates (subject to hydrolysis) is 2. The van der Waals surface area contributed by atoms with Crippen LogP contribution in [0.3, 0.4) is 0 Å². The quantitative estimate of drug-likeness (QED) is 0.0199. The molecular weight excluding hydrogens is 1120 g/mol. The maximum Gasteiger partial charge on any atom is 0.407 e. The van der Waals surface area contributed by atoms with Crippen LogP contribution < -0.4 is 36.5 Å². The van der Waals surface area contributed by atoms with E-state index in [1.54, 1.807) is 0 Å². The molecule has 33 heteroatoms. The Bertz CT molecular complexity index is 2290. The Morgan fingerprint density at radius 1 is 0.524 bits per heavy atom. The van der Waals surface area contributed by atoms with Crippen LogP contribution in [0.4, 0.5) is 21.0 Å². The van der Waals surface area contributed by atoms with Crippen molar-refractivity contribution in [2.75, 3.05) is 131 Å². The smallest absolute Gasteiger partial charge is 0.407 e. The Labute approximate surface area is 482 Å². The second kappa shape index (κ2) is 33.4. The molecule has 33 nitrogen and oxygen atoms in total. The maximum atomic E-state index is 13.0. The molecule has 0 aliphatic carbocycles. The first-order valence-corrected chi connectivity index (χ1v) is 27.8. The van der Waals surface area contributed by atoms with E-state index in [4.69, 9.17) is 34.2 Å². The molecule has 4 amide bonds. The standard InChI is InChI=1S/C51H79N11O22/c52-33(29-79-50(73)55-7-3-11-59-17-13-57(14-18-59)9-1-5-53-46(71)31-21-34(61(75)76)25-36(23-31)81-48-44(69)42(67)40(65)38(27-63)83-48)30-80-51(74)56-8-4-12-60-19-15-58(16-20-60)10-2-6-54-47(72)32-22-35(62(77)78)26-37(24-32)82-49-45(70)43(68)41(66)39(28-64)84-49/h21-26,33,38-45,48-49,63-70H,1-20,27-30,52H2,(H,53,71)(H,54,72)(H,55,73)(H,56,74).